The molecule has 2 rings (SSSR count). The maximum absolute atomic E-state index is 5.44. The van der Waals surface area contributed by atoms with Gasteiger partial charge in [-0.2, -0.15) is 0 Å². The van der Waals surface area contributed by atoms with Gasteiger partial charge in [0.1, 0.15) is 0 Å². The predicted octanol–water partition coefficient (Wildman–Crippen LogP) is 1.91. The summed E-state index contributed by atoms with van der Waals surface area (Å²) in [6, 6.07) is 4.19. The lowest BCUT2D eigenvalue weighted by Gasteiger charge is -2.41. The molecule has 1 aliphatic heterocycles. The molecule has 0 spiro atoms. The molecule has 2 heterocycles. The molecule has 124 valence electrons. The van der Waals surface area contributed by atoms with Gasteiger partial charge in [-0.3, -0.25) is 4.90 Å². The number of nitrogens with one attached hydrogen (secondary N) is 2. The second-order valence-electron chi connectivity index (χ2n) is 6.04. The SMILES string of the molecule is CCNC(=NCc1cccs1)NCC(C)(C)N1CCOCC1. The van der Waals surface area contributed by atoms with Crippen LogP contribution in [0.2, 0.25) is 0 Å². The molecule has 2 N–H and O–H groups in total. The Bertz CT molecular complexity index is 453. The molecule has 1 aromatic rings. The Balaban J connectivity index is 1.88. The van der Waals surface area contributed by atoms with Crippen LogP contribution in [0.15, 0.2) is 22.5 Å². The van der Waals surface area contributed by atoms with E-state index >= 15 is 0 Å². The molecule has 0 unspecified atom stereocenters. The summed E-state index contributed by atoms with van der Waals surface area (Å²) in [5.74, 6) is 0.886. The molecule has 0 bridgehead atoms. The number of ether oxygens (including phenoxy) is 1. The third kappa shape index (κ3) is 5.26. The summed E-state index contributed by atoms with van der Waals surface area (Å²) < 4.78 is 5.44. The van der Waals surface area contributed by atoms with E-state index in [0.717, 1.165) is 51.9 Å². The fourth-order valence-electron chi connectivity index (χ4n) is 2.48. The maximum Gasteiger partial charge on any atom is 0.191 e. The van der Waals surface area contributed by atoms with E-state index in [0.29, 0.717) is 0 Å². The molecule has 0 aliphatic carbocycles. The lowest BCUT2D eigenvalue weighted by atomic mass is 10.0. The molecule has 1 aliphatic rings. The van der Waals surface area contributed by atoms with Crippen molar-refractivity contribution in [1.82, 2.24) is 15.5 Å². The summed E-state index contributed by atoms with van der Waals surface area (Å²) >= 11 is 1.74. The Morgan fingerprint density at radius 2 is 2.14 bits per heavy atom. The van der Waals surface area contributed by atoms with Crippen molar-refractivity contribution in [2.75, 3.05) is 39.4 Å². The molecule has 1 fully saturated rings. The van der Waals surface area contributed by atoms with Crippen molar-refractivity contribution in [2.45, 2.75) is 32.9 Å². The average molecular weight is 324 g/mol. The number of nitrogens with zero attached hydrogens (tertiary/aromatic N) is 2. The first-order chi connectivity index (χ1) is 10.6. The van der Waals surface area contributed by atoms with E-state index in [2.05, 4.69) is 58.8 Å². The minimum Gasteiger partial charge on any atom is -0.379 e. The van der Waals surface area contributed by atoms with Crippen LogP contribution >= 0.6 is 11.3 Å². The van der Waals surface area contributed by atoms with E-state index in [-0.39, 0.29) is 5.54 Å². The molecule has 0 radical (unpaired) electrons. The highest BCUT2D eigenvalue weighted by molar-refractivity contribution is 7.09. The van der Waals surface area contributed by atoms with Gasteiger partial charge in [-0.15, -0.1) is 11.3 Å². The van der Waals surface area contributed by atoms with Crippen molar-refractivity contribution in [2.24, 2.45) is 4.99 Å². The van der Waals surface area contributed by atoms with Gasteiger partial charge in [0.05, 0.1) is 19.8 Å². The molecule has 0 saturated carbocycles. The van der Waals surface area contributed by atoms with E-state index in [9.17, 15) is 0 Å². The standard InChI is InChI=1S/C16H28N4OS/c1-4-17-15(18-12-14-6-5-11-22-14)19-13-16(2,3)20-7-9-21-10-8-20/h5-6,11H,4,7-10,12-13H2,1-3H3,(H2,17,18,19). The Morgan fingerprint density at radius 3 is 2.77 bits per heavy atom. The van der Waals surface area contributed by atoms with Crippen LogP contribution in [0.1, 0.15) is 25.6 Å². The lowest BCUT2D eigenvalue weighted by Crippen LogP contribution is -2.56. The minimum absolute atomic E-state index is 0.0862. The number of hydrogen-bond acceptors (Lipinski definition) is 4. The summed E-state index contributed by atoms with van der Waals surface area (Å²) in [5, 5.41) is 8.89. The number of thiophene rings is 1. The number of rotatable bonds is 6. The van der Waals surface area contributed by atoms with E-state index in [1.54, 1.807) is 11.3 Å². The van der Waals surface area contributed by atoms with Crippen molar-refractivity contribution in [3.8, 4) is 0 Å². The normalized spacial score (nSPS) is 17.5. The number of aliphatic imine (C=N–C) groups is 1. The van der Waals surface area contributed by atoms with Gasteiger partial charge in [-0.05, 0) is 32.2 Å². The number of guanidine groups is 1. The average Bonchev–Trinajstić information content (AvgIpc) is 3.04. The first-order valence-electron chi connectivity index (χ1n) is 7.99. The first kappa shape index (κ1) is 17.2. The van der Waals surface area contributed by atoms with Gasteiger partial charge in [0.2, 0.25) is 0 Å². The quantitative estimate of drug-likeness (QED) is 0.620. The van der Waals surface area contributed by atoms with Gasteiger partial charge in [-0.25, -0.2) is 4.99 Å². The van der Waals surface area contributed by atoms with Crippen LogP contribution in [-0.4, -0.2) is 55.8 Å². The zero-order valence-corrected chi connectivity index (χ0v) is 14.7. The van der Waals surface area contributed by atoms with Gasteiger partial charge in [0, 0.05) is 36.6 Å². The van der Waals surface area contributed by atoms with Crippen LogP contribution in [0.3, 0.4) is 0 Å². The fourth-order valence-corrected chi connectivity index (χ4v) is 3.11. The van der Waals surface area contributed by atoms with Crippen LogP contribution in [0.25, 0.3) is 0 Å². The molecule has 0 atom stereocenters. The van der Waals surface area contributed by atoms with Gasteiger partial charge in [0.25, 0.3) is 0 Å². The Hall–Kier alpha value is -1.11. The van der Waals surface area contributed by atoms with Gasteiger partial charge < -0.3 is 15.4 Å². The summed E-state index contributed by atoms with van der Waals surface area (Å²) in [6.07, 6.45) is 0. The highest BCUT2D eigenvalue weighted by atomic mass is 32.1. The largest absolute Gasteiger partial charge is 0.379 e. The van der Waals surface area contributed by atoms with Crippen LogP contribution in [-0.2, 0) is 11.3 Å². The van der Waals surface area contributed by atoms with E-state index in [1.165, 1.54) is 4.88 Å². The number of morpholine rings is 1. The molecule has 22 heavy (non-hydrogen) atoms. The third-order valence-electron chi connectivity index (χ3n) is 3.87. The van der Waals surface area contributed by atoms with E-state index in [4.69, 9.17) is 4.74 Å². The summed E-state index contributed by atoms with van der Waals surface area (Å²) in [4.78, 5) is 8.43. The second-order valence-corrected chi connectivity index (χ2v) is 7.07. The monoisotopic (exact) mass is 324 g/mol. The van der Waals surface area contributed by atoms with Crippen LogP contribution in [0, 0.1) is 0 Å². The predicted molar refractivity (Wildman–Crippen MR) is 93.6 cm³/mol. The molecule has 6 heteroatoms. The van der Waals surface area contributed by atoms with Crippen molar-refractivity contribution in [3.05, 3.63) is 22.4 Å². The first-order valence-corrected chi connectivity index (χ1v) is 8.87. The minimum atomic E-state index is 0.0862. The van der Waals surface area contributed by atoms with Crippen molar-refractivity contribution in [3.63, 3.8) is 0 Å². The lowest BCUT2D eigenvalue weighted by molar-refractivity contribution is -0.00834. The zero-order valence-electron chi connectivity index (χ0n) is 13.9. The van der Waals surface area contributed by atoms with E-state index < -0.39 is 0 Å². The highest BCUT2D eigenvalue weighted by Crippen LogP contribution is 2.15. The fraction of sp³-hybridized carbons (Fsp3) is 0.688. The molecule has 0 aromatic carbocycles. The van der Waals surface area contributed by atoms with Crippen LogP contribution in [0.5, 0.6) is 0 Å². The van der Waals surface area contributed by atoms with Crippen LogP contribution in [0.4, 0.5) is 0 Å². The van der Waals surface area contributed by atoms with Gasteiger partial charge in [-0.1, -0.05) is 6.07 Å². The third-order valence-corrected chi connectivity index (χ3v) is 4.73. The van der Waals surface area contributed by atoms with Gasteiger partial charge in [0.15, 0.2) is 5.96 Å². The molecular formula is C16H28N4OS. The molecule has 1 aromatic heterocycles. The highest BCUT2D eigenvalue weighted by Gasteiger charge is 2.28. The van der Waals surface area contributed by atoms with Crippen molar-refractivity contribution in [1.29, 1.82) is 0 Å². The van der Waals surface area contributed by atoms with Crippen molar-refractivity contribution < 1.29 is 4.74 Å². The maximum atomic E-state index is 5.44. The van der Waals surface area contributed by atoms with Crippen LogP contribution < -0.4 is 10.6 Å². The topological polar surface area (TPSA) is 48.9 Å². The summed E-state index contributed by atoms with van der Waals surface area (Å²) in [6.45, 7) is 12.8. The molecule has 0 amide bonds. The molecule has 1 saturated heterocycles. The van der Waals surface area contributed by atoms with Crippen molar-refractivity contribution >= 4 is 17.3 Å². The van der Waals surface area contributed by atoms with Gasteiger partial charge >= 0.3 is 0 Å². The Morgan fingerprint density at radius 1 is 1.36 bits per heavy atom. The smallest absolute Gasteiger partial charge is 0.191 e. The summed E-state index contributed by atoms with van der Waals surface area (Å²) in [7, 11) is 0. The zero-order chi connectivity index (χ0) is 15.8. The summed E-state index contributed by atoms with van der Waals surface area (Å²) in [5.41, 5.74) is 0.0862. The van der Waals surface area contributed by atoms with E-state index in [1.807, 2.05) is 0 Å². The number of hydrogen-bond donors (Lipinski definition) is 2. The molecule has 5 nitrogen and oxygen atoms in total. The Kier molecular flexibility index (Phi) is 6.67. The molecular weight excluding hydrogens is 296 g/mol. The second kappa shape index (κ2) is 8.50. The Labute approximate surface area is 137 Å².